The van der Waals surface area contributed by atoms with Crippen LogP contribution in [-0.4, -0.2) is 11.6 Å². The number of fused-ring (bicyclic) bond motifs is 3. The lowest BCUT2D eigenvalue weighted by molar-refractivity contribution is -0.182. The third-order valence-corrected chi connectivity index (χ3v) is 8.25. The van der Waals surface area contributed by atoms with Gasteiger partial charge in [0.15, 0.2) is 0 Å². The van der Waals surface area contributed by atoms with Gasteiger partial charge in [0.05, 0.1) is 0 Å². The van der Waals surface area contributed by atoms with Crippen molar-refractivity contribution in [3.8, 4) is 0 Å². The minimum absolute atomic E-state index is 0.131. The number of carbonyl (C=O) groups is 2. The van der Waals surface area contributed by atoms with Crippen LogP contribution in [0.4, 0.5) is 0 Å². The maximum atomic E-state index is 12.9. The number of rotatable bonds is 0. The lowest BCUT2D eigenvalue weighted by Crippen LogP contribution is -2.63. The van der Waals surface area contributed by atoms with Crippen molar-refractivity contribution in [3.63, 3.8) is 0 Å². The van der Waals surface area contributed by atoms with Crippen molar-refractivity contribution in [2.45, 2.75) is 65.7 Å². The van der Waals surface area contributed by atoms with Crippen LogP contribution in [0.15, 0.2) is 12.2 Å². The average Bonchev–Trinajstić information content (AvgIpc) is 2.44. The maximum Gasteiger partial charge on any atom is 0.140 e. The fourth-order valence-corrected chi connectivity index (χ4v) is 7.01. The molecule has 0 unspecified atom stereocenters. The molecule has 2 bridgehead atoms. The Hall–Kier alpha value is -0.920. The van der Waals surface area contributed by atoms with Crippen molar-refractivity contribution in [3.05, 3.63) is 12.2 Å². The summed E-state index contributed by atoms with van der Waals surface area (Å²) >= 11 is 0. The second kappa shape index (κ2) is 4.13. The van der Waals surface area contributed by atoms with Gasteiger partial charge in [-0.25, -0.2) is 0 Å². The molecule has 0 amide bonds. The summed E-state index contributed by atoms with van der Waals surface area (Å²) in [6.45, 7) is 11.0. The van der Waals surface area contributed by atoms with Gasteiger partial charge in [-0.2, -0.15) is 0 Å². The molecule has 5 aliphatic rings. The van der Waals surface area contributed by atoms with Gasteiger partial charge in [-0.15, -0.1) is 0 Å². The number of hydrogen-bond donors (Lipinski definition) is 0. The Bertz CT molecular complexity index is 587. The minimum Gasteiger partial charge on any atom is -0.299 e. The topological polar surface area (TPSA) is 34.1 Å². The standard InChI is InChI=1S/C20H28O2/c1-12-11-20-8-5-14-18(2,3)16(21)6-7-19(14,4)15(20)9-13(12)10-17(20)22/h13-15H,1,5-11H2,2-4H3/t13-,14+,15-,19+,20-/m1/s1. The van der Waals surface area contributed by atoms with Crippen LogP contribution in [0.3, 0.4) is 0 Å². The molecule has 2 nitrogen and oxygen atoms in total. The molecule has 1 spiro atoms. The summed E-state index contributed by atoms with van der Waals surface area (Å²) in [6.07, 6.45) is 6.51. The Morgan fingerprint density at radius 1 is 1.05 bits per heavy atom. The smallest absolute Gasteiger partial charge is 0.140 e. The number of allylic oxidation sites excluding steroid dienone is 1. The van der Waals surface area contributed by atoms with E-state index < -0.39 is 0 Å². The molecule has 0 aromatic rings. The first kappa shape index (κ1) is 14.7. The molecule has 5 fully saturated rings. The molecule has 0 aliphatic heterocycles. The monoisotopic (exact) mass is 300 g/mol. The van der Waals surface area contributed by atoms with Crippen molar-refractivity contribution in [2.24, 2.45) is 34.0 Å². The van der Waals surface area contributed by atoms with Gasteiger partial charge in [0.25, 0.3) is 0 Å². The number of carbonyl (C=O) groups excluding carboxylic acids is 2. The van der Waals surface area contributed by atoms with E-state index in [1.165, 1.54) is 5.57 Å². The summed E-state index contributed by atoms with van der Waals surface area (Å²) in [5.74, 6) is 2.27. The highest BCUT2D eigenvalue weighted by atomic mass is 16.1. The molecule has 5 atom stereocenters. The van der Waals surface area contributed by atoms with Crippen LogP contribution in [0.1, 0.15) is 65.7 Å². The van der Waals surface area contributed by atoms with Crippen molar-refractivity contribution in [1.29, 1.82) is 0 Å². The highest BCUT2D eigenvalue weighted by molar-refractivity contribution is 5.89. The lowest BCUT2D eigenvalue weighted by Gasteiger charge is -2.66. The van der Waals surface area contributed by atoms with Crippen LogP contribution in [0.25, 0.3) is 0 Å². The molecular weight excluding hydrogens is 272 g/mol. The molecule has 22 heavy (non-hydrogen) atoms. The second-order valence-corrected chi connectivity index (χ2v) is 9.35. The number of ketones is 2. The SMILES string of the molecule is C=C1C[C@]23CC[C@H]4C(C)(C)C(=O)CC[C@]4(C)[C@H]2C[C@@H]1CC3=O. The molecule has 0 heterocycles. The van der Waals surface area contributed by atoms with Crippen LogP contribution in [0, 0.1) is 34.0 Å². The number of hydrogen-bond acceptors (Lipinski definition) is 2. The molecule has 0 radical (unpaired) electrons. The summed E-state index contributed by atoms with van der Waals surface area (Å²) in [4.78, 5) is 25.4. The van der Waals surface area contributed by atoms with Crippen LogP contribution in [0.2, 0.25) is 0 Å². The lowest BCUT2D eigenvalue weighted by atomic mass is 9.36. The van der Waals surface area contributed by atoms with E-state index in [4.69, 9.17) is 0 Å². The predicted molar refractivity (Wildman–Crippen MR) is 86.3 cm³/mol. The van der Waals surface area contributed by atoms with E-state index in [1.54, 1.807) is 0 Å². The first-order valence-electron chi connectivity index (χ1n) is 8.96. The Morgan fingerprint density at radius 2 is 1.77 bits per heavy atom. The van der Waals surface area contributed by atoms with Crippen LogP contribution < -0.4 is 0 Å². The Kier molecular flexibility index (Phi) is 2.75. The van der Waals surface area contributed by atoms with E-state index in [0.717, 1.165) is 38.5 Å². The second-order valence-electron chi connectivity index (χ2n) is 9.35. The minimum atomic E-state index is -0.217. The third kappa shape index (κ3) is 1.52. The summed E-state index contributed by atoms with van der Waals surface area (Å²) in [6, 6.07) is 0. The van der Waals surface area contributed by atoms with E-state index in [2.05, 4.69) is 27.4 Å². The van der Waals surface area contributed by atoms with E-state index in [0.29, 0.717) is 35.7 Å². The summed E-state index contributed by atoms with van der Waals surface area (Å²) in [5, 5.41) is 0. The zero-order chi connectivity index (χ0) is 15.9. The van der Waals surface area contributed by atoms with E-state index >= 15 is 0 Å². The molecule has 0 aromatic heterocycles. The largest absolute Gasteiger partial charge is 0.299 e. The summed E-state index contributed by atoms with van der Waals surface area (Å²) in [5.41, 5.74) is 1.13. The van der Waals surface area contributed by atoms with E-state index in [1.807, 2.05) is 0 Å². The van der Waals surface area contributed by atoms with Crippen molar-refractivity contribution in [1.82, 2.24) is 0 Å². The van der Waals surface area contributed by atoms with Gasteiger partial charge >= 0.3 is 0 Å². The Morgan fingerprint density at radius 3 is 2.50 bits per heavy atom. The highest BCUT2D eigenvalue weighted by Crippen LogP contribution is 2.70. The Balaban J connectivity index is 1.80. The molecule has 5 saturated carbocycles. The van der Waals surface area contributed by atoms with Crippen LogP contribution in [0.5, 0.6) is 0 Å². The quantitative estimate of drug-likeness (QED) is 0.624. The van der Waals surface area contributed by atoms with Gasteiger partial charge in [-0.3, -0.25) is 9.59 Å². The molecule has 2 heteroatoms. The number of Topliss-reactive ketones (excluding diaryl/α,β-unsaturated/α-hetero) is 2. The van der Waals surface area contributed by atoms with Gasteiger partial charge in [-0.05, 0) is 55.3 Å². The van der Waals surface area contributed by atoms with Gasteiger partial charge in [0.2, 0.25) is 0 Å². The first-order valence-corrected chi connectivity index (χ1v) is 8.96. The molecule has 0 saturated heterocycles. The maximum absolute atomic E-state index is 12.9. The van der Waals surface area contributed by atoms with Gasteiger partial charge in [0.1, 0.15) is 11.6 Å². The Labute approximate surface area is 133 Å². The molecule has 5 rings (SSSR count). The fraction of sp³-hybridized carbons (Fsp3) is 0.800. The van der Waals surface area contributed by atoms with Crippen LogP contribution in [-0.2, 0) is 9.59 Å². The normalized spacial score (nSPS) is 49.8. The molecule has 120 valence electrons. The summed E-state index contributed by atoms with van der Waals surface area (Å²) in [7, 11) is 0. The third-order valence-electron chi connectivity index (χ3n) is 8.25. The van der Waals surface area contributed by atoms with E-state index in [-0.39, 0.29) is 16.2 Å². The van der Waals surface area contributed by atoms with E-state index in [9.17, 15) is 9.59 Å². The zero-order valence-corrected chi connectivity index (χ0v) is 14.2. The molecule has 0 N–H and O–H groups in total. The van der Waals surface area contributed by atoms with Gasteiger partial charge in [-0.1, -0.05) is 32.9 Å². The fourth-order valence-electron chi connectivity index (χ4n) is 7.01. The van der Waals surface area contributed by atoms with Crippen molar-refractivity contribution < 1.29 is 9.59 Å². The first-order chi connectivity index (χ1) is 10.2. The predicted octanol–water partition coefficient (Wildman–Crippen LogP) is 4.33. The van der Waals surface area contributed by atoms with Crippen molar-refractivity contribution >= 4 is 11.6 Å². The molecule has 5 aliphatic carbocycles. The highest BCUT2D eigenvalue weighted by Gasteiger charge is 2.66. The molecular formula is C20H28O2. The van der Waals surface area contributed by atoms with Gasteiger partial charge in [0, 0.05) is 23.7 Å². The van der Waals surface area contributed by atoms with Gasteiger partial charge < -0.3 is 0 Å². The summed E-state index contributed by atoms with van der Waals surface area (Å²) < 4.78 is 0. The van der Waals surface area contributed by atoms with Crippen LogP contribution >= 0.6 is 0 Å². The molecule has 0 aromatic carbocycles. The average molecular weight is 300 g/mol. The zero-order valence-electron chi connectivity index (χ0n) is 14.2. The van der Waals surface area contributed by atoms with Crippen molar-refractivity contribution in [2.75, 3.05) is 0 Å².